The van der Waals surface area contributed by atoms with Gasteiger partial charge in [0, 0.05) is 17.8 Å². The summed E-state index contributed by atoms with van der Waals surface area (Å²) >= 11 is 1.81. The van der Waals surface area contributed by atoms with Crippen molar-refractivity contribution in [2.24, 2.45) is 0 Å². The average Bonchev–Trinajstić information content (AvgIpc) is 2.76. The smallest absolute Gasteiger partial charge is 0.0943 e. The maximum atomic E-state index is 4.57. The van der Waals surface area contributed by atoms with Gasteiger partial charge < -0.3 is 5.32 Å². The average molecular weight is 196 g/mol. The van der Waals surface area contributed by atoms with E-state index in [0.29, 0.717) is 6.04 Å². The minimum Gasteiger partial charge on any atom is -0.314 e. The van der Waals surface area contributed by atoms with Gasteiger partial charge in [-0.1, -0.05) is 6.92 Å². The van der Waals surface area contributed by atoms with E-state index in [2.05, 4.69) is 22.6 Å². The third kappa shape index (κ3) is 2.29. The molecule has 2 heterocycles. The van der Waals surface area contributed by atoms with Crippen LogP contribution >= 0.6 is 11.3 Å². The van der Waals surface area contributed by atoms with Crippen LogP contribution in [0.25, 0.3) is 0 Å². The van der Waals surface area contributed by atoms with Crippen molar-refractivity contribution in [2.75, 3.05) is 6.54 Å². The van der Waals surface area contributed by atoms with Crippen molar-refractivity contribution >= 4 is 11.3 Å². The van der Waals surface area contributed by atoms with Crippen molar-refractivity contribution in [1.29, 1.82) is 0 Å². The fraction of sp³-hybridized carbons (Fsp3) is 0.700. The van der Waals surface area contributed by atoms with Crippen LogP contribution in [0.4, 0.5) is 0 Å². The SMILES string of the molecule is CCc1csc(CC2CCCN2)n1. The zero-order valence-electron chi connectivity index (χ0n) is 8.05. The van der Waals surface area contributed by atoms with Crippen molar-refractivity contribution in [2.45, 2.75) is 38.6 Å². The molecule has 1 atom stereocenters. The predicted molar refractivity (Wildman–Crippen MR) is 56.2 cm³/mol. The van der Waals surface area contributed by atoms with Gasteiger partial charge in [-0.15, -0.1) is 11.3 Å². The fourth-order valence-electron chi connectivity index (χ4n) is 1.75. The number of nitrogens with zero attached hydrogens (tertiary/aromatic N) is 1. The van der Waals surface area contributed by atoms with Crippen LogP contribution in [-0.2, 0) is 12.8 Å². The van der Waals surface area contributed by atoms with E-state index in [1.54, 1.807) is 0 Å². The Morgan fingerprint density at radius 3 is 3.23 bits per heavy atom. The largest absolute Gasteiger partial charge is 0.314 e. The van der Waals surface area contributed by atoms with Crippen LogP contribution in [0.2, 0.25) is 0 Å². The van der Waals surface area contributed by atoms with Gasteiger partial charge in [0.25, 0.3) is 0 Å². The fourth-order valence-corrected chi connectivity index (χ4v) is 2.71. The van der Waals surface area contributed by atoms with Gasteiger partial charge in [-0.25, -0.2) is 4.98 Å². The molecule has 13 heavy (non-hydrogen) atoms. The summed E-state index contributed by atoms with van der Waals surface area (Å²) in [6.07, 6.45) is 4.84. The first-order valence-electron chi connectivity index (χ1n) is 5.05. The van der Waals surface area contributed by atoms with Gasteiger partial charge in [0.05, 0.1) is 10.7 Å². The molecular weight excluding hydrogens is 180 g/mol. The molecule has 1 fully saturated rings. The summed E-state index contributed by atoms with van der Waals surface area (Å²) < 4.78 is 0. The zero-order valence-corrected chi connectivity index (χ0v) is 8.86. The number of aryl methyl sites for hydroxylation is 1. The molecule has 0 bridgehead atoms. The third-order valence-corrected chi connectivity index (χ3v) is 3.46. The molecule has 72 valence electrons. The maximum absolute atomic E-state index is 4.57. The lowest BCUT2D eigenvalue weighted by Gasteiger charge is -2.06. The first-order chi connectivity index (χ1) is 6.38. The van der Waals surface area contributed by atoms with Crippen molar-refractivity contribution in [1.82, 2.24) is 10.3 Å². The highest BCUT2D eigenvalue weighted by atomic mass is 32.1. The summed E-state index contributed by atoms with van der Waals surface area (Å²) in [7, 11) is 0. The van der Waals surface area contributed by atoms with E-state index in [1.807, 2.05) is 11.3 Å². The van der Waals surface area contributed by atoms with Crippen LogP contribution in [0.5, 0.6) is 0 Å². The molecule has 0 radical (unpaired) electrons. The van der Waals surface area contributed by atoms with Gasteiger partial charge in [0.2, 0.25) is 0 Å². The van der Waals surface area contributed by atoms with E-state index in [9.17, 15) is 0 Å². The first kappa shape index (κ1) is 9.16. The minimum atomic E-state index is 0.691. The second-order valence-electron chi connectivity index (χ2n) is 3.58. The van der Waals surface area contributed by atoms with Gasteiger partial charge in [0.15, 0.2) is 0 Å². The molecule has 0 saturated carbocycles. The van der Waals surface area contributed by atoms with Crippen molar-refractivity contribution in [3.63, 3.8) is 0 Å². The quantitative estimate of drug-likeness (QED) is 0.800. The standard InChI is InChI=1S/C10H16N2S/c1-2-8-7-13-10(12-8)6-9-4-3-5-11-9/h7,9,11H,2-6H2,1H3. The van der Waals surface area contributed by atoms with Gasteiger partial charge >= 0.3 is 0 Å². The lowest BCUT2D eigenvalue weighted by molar-refractivity contribution is 0.600. The molecule has 1 aliphatic heterocycles. The number of nitrogens with one attached hydrogen (secondary N) is 1. The van der Waals surface area contributed by atoms with E-state index in [1.165, 1.54) is 30.1 Å². The monoisotopic (exact) mass is 196 g/mol. The lowest BCUT2D eigenvalue weighted by atomic mass is 10.2. The summed E-state index contributed by atoms with van der Waals surface area (Å²) in [5, 5.41) is 6.99. The van der Waals surface area contributed by atoms with Gasteiger partial charge in [0.1, 0.15) is 0 Å². The maximum Gasteiger partial charge on any atom is 0.0943 e. The Morgan fingerprint density at radius 2 is 2.62 bits per heavy atom. The summed E-state index contributed by atoms with van der Waals surface area (Å²) in [5.74, 6) is 0. The second-order valence-corrected chi connectivity index (χ2v) is 4.53. The predicted octanol–water partition coefficient (Wildman–Crippen LogP) is 2.00. The molecule has 3 heteroatoms. The van der Waals surface area contributed by atoms with Crippen LogP contribution in [-0.4, -0.2) is 17.6 Å². The van der Waals surface area contributed by atoms with Gasteiger partial charge in [-0.05, 0) is 25.8 Å². The Hall–Kier alpha value is -0.410. The molecular formula is C10H16N2S. The second kappa shape index (κ2) is 4.20. The minimum absolute atomic E-state index is 0.691. The summed E-state index contributed by atoms with van der Waals surface area (Å²) in [6, 6.07) is 0.691. The third-order valence-electron chi connectivity index (χ3n) is 2.54. The van der Waals surface area contributed by atoms with Gasteiger partial charge in [-0.3, -0.25) is 0 Å². The number of thiazole rings is 1. The number of hydrogen-bond acceptors (Lipinski definition) is 3. The lowest BCUT2D eigenvalue weighted by Crippen LogP contribution is -2.23. The molecule has 2 rings (SSSR count). The molecule has 0 amide bonds. The Balaban J connectivity index is 1.92. The van der Waals surface area contributed by atoms with Crippen LogP contribution < -0.4 is 5.32 Å². The van der Waals surface area contributed by atoms with Crippen LogP contribution in [0.3, 0.4) is 0 Å². The highest BCUT2D eigenvalue weighted by Gasteiger charge is 2.15. The van der Waals surface area contributed by atoms with E-state index in [4.69, 9.17) is 0 Å². The molecule has 0 aromatic carbocycles. The van der Waals surface area contributed by atoms with Crippen LogP contribution in [0, 0.1) is 0 Å². The van der Waals surface area contributed by atoms with E-state index in [-0.39, 0.29) is 0 Å². The van der Waals surface area contributed by atoms with Crippen molar-refractivity contribution in [3.8, 4) is 0 Å². The molecule has 0 aliphatic carbocycles. The summed E-state index contributed by atoms with van der Waals surface area (Å²) in [5.41, 5.74) is 1.25. The Labute approximate surface area is 83.4 Å². The first-order valence-corrected chi connectivity index (χ1v) is 5.93. The molecule has 1 aromatic rings. The zero-order chi connectivity index (χ0) is 9.10. The molecule has 1 unspecified atom stereocenters. The van der Waals surface area contributed by atoms with Crippen molar-refractivity contribution in [3.05, 3.63) is 16.1 Å². The highest BCUT2D eigenvalue weighted by Crippen LogP contribution is 2.16. The molecule has 1 saturated heterocycles. The Morgan fingerprint density at radius 1 is 1.69 bits per heavy atom. The van der Waals surface area contributed by atoms with E-state index < -0.39 is 0 Å². The number of rotatable bonds is 3. The van der Waals surface area contributed by atoms with E-state index in [0.717, 1.165) is 12.8 Å². The number of hydrogen-bond donors (Lipinski definition) is 1. The van der Waals surface area contributed by atoms with Crippen LogP contribution in [0.1, 0.15) is 30.5 Å². The highest BCUT2D eigenvalue weighted by molar-refractivity contribution is 7.09. The normalized spacial score (nSPS) is 22.4. The molecule has 1 aliphatic rings. The Bertz CT molecular complexity index is 264. The molecule has 1 N–H and O–H groups in total. The molecule has 1 aromatic heterocycles. The molecule has 0 spiro atoms. The summed E-state index contributed by atoms with van der Waals surface area (Å²) in [6.45, 7) is 3.35. The van der Waals surface area contributed by atoms with Gasteiger partial charge in [-0.2, -0.15) is 0 Å². The summed E-state index contributed by atoms with van der Waals surface area (Å²) in [4.78, 5) is 4.57. The topological polar surface area (TPSA) is 24.9 Å². The Kier molecular flexibility index (Phi) is 2.96. The van der Waals surface area contributed by atoms with Crippen molar-refractivity contribution < 1.29 is 0 Å². The van der Waals surface area contributed by atoms with Crippen LogP contribution in [0.15, 0.2) is 5.38 Å². The van der Waals surface area contributed by atoms with E-state index >= 15 is 0 Å². The molecule has 2 nitrogen and oxygen atoms in total. The number of aromatic nitrogens is 1.